The Kier molecular flexibility index (Phi) is 6.25. The van der Waals surface area contributed by atoms with E-state index in [4.69, 9.17) is 0 Å². The van der Waals surface area contributed by atoms with Crippen molar-refractivity contribution < 1.29 is 28.1 Å². The van der Waals surface area contributed by atoms with Gasteiger partial charge in [0.05, 0.1) is 6.10 Å². The maximum atomic E-state index is 12.3. The predicted octanol–water partition coefficient (Wildman–Crippen LogP) is 2.35. The molecule has 0 aliphatic rings. The second kappa shape index (κ2) is 7.26. The summed E-state index contributed by atoms with van der Waals surface area (Å²) in [5, 5.41) is 22.5. The SMILES string of the molecule is CNCCC(O)C(O)c1ccc(Br)cc1OC(F)(F)F. The molecular weight excluding hydrogens is 343 g/mol. The number of aliphatic hydroxyl groups excluding tert-OH is 2. The fourth-order valence-corrected chi connectivity index (χ4v) is 1.96. The third kappa shape index (κ3) is 5.28. The number of alkyl halides is 3. The van der Waals surface area contributed by atoms with Crippen LogP contribution in [-0.4, -0.2) is 36.3 Å². The lowest BCUT2D eigenvalue weighted by molar-refractivity contribution is -0.275. The molecule has 0 aliphatic heterocycles. The monoisotopic (exact) mass is 357 g/mol. The van der Waals surface area contributed by atoms with Crippen molar-refractivity contribution in [3.05, 3.63) is 28.2 Å². The lowest BCUT2D eigenvalue weighted by Gasteiger charge is -2.21. The highest BCUT2D eigenvalue weighted by atomic mass is 79.9. The summed E-state index contributed by atoms with van der Waals surface area (Å²) in [6, 6.07) is 3.84. The van der Waals surface area contributed by atoms with Crippen LogP contribution in [0, 0.1) is 0 Å². The Morgan fingerprint density at radius 1 is 1.35 bits per heavy atom. The molecule has 0 amide bonds. The van der Waals surface area contributed by atoms with E-state index in [0.29, 0.717) is 11.0 Å². The molecule has 0 aliphatic carbocycles. The molecule has 114 valence electrons. The summed E-state index contributed by atoms with van der Waals surface area (Å²) in [7, 11) is 1.66. The van der Waals surface area contributed by atoms with E-state index in [9.17, 15) is 23.4 Å². The zero-order valence-electron chi connectivity index (χ0n) is 10.6. The third-order valence-corrected chi connectivity index (χ3v) is 3.07. The molecule has 3 N–H and O–H groups in total. The molecule has 1 aromatic carbocycles. The highest BCUT2D eigenvalue weighted by Crippen LogP contribution is 2.34. The summed E-state index contributed by atoms with van der Waals surface area (Å²) in [6.07, 6.45) is -7.34. The minimum Gasteiger partial charge on any atom is -0.405 e. The lowest BCUT2D eigenvalue weighted by Crippen LogP contribution is -2.25. The van der Waals surface area contributed by atoms with Gasteiger partial charge in [0.25, 0.3) is 0 Å². The van der Waals surface area contributed by atoms with Gasteiger partial charge in [-0.15, -0.1) is 13.2 Å². The molecule has 0 saturated heterocycles. The standard InChI is InChI=1S/C12H15BrF3NO3/c1-17-5-4-9(18)11(19)8-3-2-7(13)6-10(8)20-12(14,15)16/h2-3,6,9,11,17-19H,4-5H2,1H3. The quantitative estimate of drug-likeness (QED) is 0.731. The summed E-state index contributed by atoms with van der Waals surface area (Å²) < 4.78 is 41.2. The normalized spacial score (nSPS) is 14.9. The van der Waals surface area contributed by atoms with Gasteiger partial charge in [-0.25, -0.2) is 0 Å². The molecule has 0 fully saturated rings. The van der Waals surface area contributed by atoms with Crippen LogP contribution in [-0.2, 0) is 0 Å². The molecule has 0 radical (unpaired) electrons. The summed E-state index contributed by atoms with van der Waals surface area (Å²) >= 11 is 3.03. The van der Waals surface area contributed by atoms with E-state index in [1.54, 1.807) is 7.05 Å². The van der Waals surface area contributed by atoms with Crippen molar-refractivity contribution in [1.82, 2.24) is 5.32 Å². The number of benzene rings is 1. The smallest absolute Gasteiger partial charge is 0.405 e. The second-order valence-corrected chi connectivity index (χ2v) is 5.05. The van der Waals surface area contributed by atoms with Crippen LogP contribution in [0.25, 0.3) is 0 Å². The Morgan fingerprint density at radius 3 is 2.55 bits per heavy atom. The number of halogens is 4. The van der Waals surface area contributed by atoms with Gasteiger partial charge in [-0.2, -0.15) is 0 Å². The lowest BCUT2D eigenvalue weighted by atomic mass is 10.0. The minimum absolute atomic E-state index is 0.117. The average molecular weight is 358 g/mol. The molecule has 0 saturated carbocycles. The fraction of sp³-hybridized carbons (Fsp3) is 0.500. The van der Waals surface area contributed by atoms with E-state index in [0.717, 1.165) is 6.07 Å². The van der Waals surface area contributed by atoms with Gasteiger partial charge in [-0.05, 0) is 32.1 Å². The van der Waals surface area contributed by atoms with Crippen molar-refractivity contribution in [2.45, 2.75) is 25.0 Å². The minimum atomic E-state index is -4.87. The van der Waals surface area contributed by atoms with E-state index >= 15 is 0 Å². The molecular formula is C12H15BrF3NO3. The fourth-order valence-electron chi connectivity index (χ4n) is 1.62. The molecule has 20 heavy (non-hydrogen) atoms. The first-order valence-corrected chi connectivity index (χ1v) is 6.60. The number of hydrogen-bond acceptors (Lipinski definition) is 4. The van der Waals surface area contributed by atoms with Crippen molar-refractivity contribution in [1.29, 1.82) is 0 Å². The summed E-state index contributed by atoms with van der Waals surface area (Å²) in [6.45, 7) is 0.421. The summed E-state index contributed by atoms with van der Waals surface area (Å²) in [5.74, 6) is -0.539. The van der Waals surface area contributed by atoms with Gasteiger partial charge in [0.2, 0.25) is 0 Å². The van der Waals surface area contributed by atoms with Crippen LogP contribution in [0.5, 0.6) is 5.75 Å². The van der Waals surface area contributed by atoms with E-state index in [1.165, 1.54) is 12.1 Å². The molecule has 0 heterocycles. The van der Waals surface area contributed by atoms with Crippen molar-refractivity contribution >= 4 is 15.9 Å². The highest BCUT2D eigenvalue weighted by Gasteiger charge is 2.33. The summed E-state index contributed by atoms with van der Waals surface area (Å²) in [5.41, 5.74) is -0.117. The van der Waals surface area contributed by atoms with E-state index in [-0.39, 0.29) is 12.0 Å². The van der Waals surface area contributed by atoms with Crippen molar-refractivity contribution in [2.24, 2.45) is 0 Å². The molecule has 8 heteroatoms. The van der Waals surface area contributed by atoms with Gasteiger partial charge in [-0.3, -0.25) is 0 Å². The Labute approximate surface area is 122 Å². The van der Waals surface area contributed by atoms with Gasteiger partial charge in [0, 0.05) is 10.0 Å². The number of ether oxygens (including phenoxy) is 1. The van der Waals surface area contributed by atoms with Gasteiger partial charge < -0.3 is 20.3 Å². The maximum absolute atomic E-state index is 12.3. The first-order chi connectivity index (χ1) is 9.24. The Bertz CT molecular complexity index is 442. The van der Waals surface area contributed by atoms with Gasteiger partial charge in [-0.1, -0.05) is 22.0 Å². The summed E-state index contributed by atoms with van der Waals surface area (Å²) in [4.78, 5) is 0. The molecule has 2 unspecified atom stereocenters. The molecule has 2 atom stereocenters. The molecule has 0 bridgehead atoms. The van der Waals surface area contributed by atoms with Gasteiger partial charge in [0.1, 0.15) is 11.9 Å². The van der Waals surface area contributed by atoms with Crippen molar-refractivity contribution in [2.75, 3.05) is 13.6 Å². The largest absolute Gasteiger partial charge is 0.573 e. The van der Waals surface area contributed by atoms with Crippen molar-refractivity contribution in [3.63, 3.8) is 0 Å². The zero-order valence-corrected chi connectivity index (χ0v) is 12.2. The van der Waals surface area contributed by atoms with Crippen LogP contribution in [0.4, 0.5) is 13.2 Å². The molecule has 1 aromatic rings. The number of nitrogens with one attached hydrogen (secondary N) is 1. The Morgan fingerprint density at radius 2 is 2.00 bits per heavy atom. The predicted molar refractivity (Wildman–Crippen MR) is 70.3 cm³/mol. The molecule has 0 aromatic heterocycles. The van der Waals surface area contributed by atoms with Crippen LogP contribution in [0.15, 0.2) is 22.7 Å². The number of rotatable bonds is 6. The molecule has 0 spiro atoms. The van der Waals surface area contributed by atoms with E-state index in [2.05, 4.69) is 26.0 Å². The van der Waals surface area contributed by atoms with Crippen molar-refractivity contribution in [3.8, 4) is 5.75 Å². The third-order valence-electron chi connectivity index (χ3n) is 2.57. The number of aliphatic hydroxyl groups is 2. The van der Waals surface area contributed by atoms with Gasteiger partial charge in [0.15, 0.2) is 0 Å². The molecule has 4 nitrogen and oxygen atoms in total. The molecule has 1 rings (SSSR count). The Balaban J connectivity index is 2.98. The first-order valence-electron chi connectivity index (χ1n) is 5.80. The van der Waals surface area contributed by atoms with E-state index in [1.807, 2.05) is 0 Å². The number of hydrogen-bond donors (Lipinski definition) is 3. The van der Waals surface area contributed by atoms with Crippen LogP contribution in [0.2, 0.25) is 0 Å². The van der Waals surface area contributed by atoms with Crippen LogP contribution in [0.3, 0.4) is 0 Å². The maximum Gasteiger partial charge on any atom is 0.573 e. The second-order valence-electron chi connectivity index (χ2n) is 4.13. The van der Waals surface area contributed by atoms with Crippen LogP contribution >= 0.6 is 15.9 Å². The first kappa shape index (κ1) is 17.2. The average Bonchev–Trinajstić information content (AvgIpc) is 2.33. The highest BCUT2D eigenvalue weighted by molar-refractivity contribution is 9.10. The van der Waals surface area contributed by atoms with Crippen LogP contribution in [0.1, 0.15) is 18.1 Å². The van der Waals surface area contributed by atoms with E-state index < -0.39 is 24.3 Å². The Hall–Kier alpha value is -0.830. The van der Waals surface area contributed by atoms with Crippen LogP contribution < -0.4 is 10.1 Å². The topological polar surface area (TPSA) is 61.7 Å². The van der Waals surface area contributed by atoms with Gasteiger partial charge >= 0.3 is 6.36 Å². The zero-order chi connectivity index (χ0) is 15.3.